The highest BCUT2D eigenvalue weighted by Gasteiger charge is 2.28. The van der Waals surface area contributed by atoms with Crippen molar-refractivity contribution in [2.45, 2.75) is 31.7 Å². The number of rotatable bonds is 1. The van der Waals surface area contributed by atoms with E-state index in [2.05, 4.69) is 11.4 Å². The zero-order chi connectivity index (χ0) is 9.97. The molecule has 4 nitrogen and oxygen atoms in total. The van der Waals surface area contributed by atoms with Gasteiger partial charge in [-0.15, -0.1) is 0 Å². The van der Waals surface area contributed by atoms with Crippen LogP contribution in [0.4, 0.5) is 4.79 Å². The van der Waals surface area contributed by atoms with Crippen molar-refractivity contribution in [3.8, 4) is 6.07 Å². The van der Waals surface area contributed by atoms with Crippen molar-refractivity contribution < 1.29 is 4.79 Å². The molecule has 1 aliphatic heterocycles. The SMILES string of the molecule is N#CC1CCN(C(=O)NC2CC2)CC1. The van der Waals surface area contributed by atoms with E-state index in [1.54, 1.807) is 0 Å². The van der Waals surface area contributed by atoms with Crippen molar-refractivity contribution in [2.75, 3.05) is 13.1 Å². The number of nitrogens with one attached hydrogen (secondary N) is 1. The first-order valence-electron chi connectivity index (χ1n) is 5.24. The van der Waals surface area contributed by atoms with E-state index in [1.807, 2.05) is 4.90 Å². The van der Waals surface area contributed by atoms with Gasteiger partial charge in [0.05, 0.1) is 6.07 Å². The number of amides is 2. The summed E-state index contributed by atoms with van der Waals surface area (Å²) in [6.45, 7) is 1.47. The van der Waals surface area contributed by atoms with E-state index in [9.17, 15) is 4.79 Å². The van der Waals surface area contributed by atoms with Crippen LogP contribution in [0.15, 0.2) is 0 Å². The standard InChI is InChI=1S/C10H15N3O/c11-7-8-3-5-13(6-4-8)10(14)12-9-1-2-9/h8-9H,1-6H2,(H,12,14). The van der Waals surface area contributed by atoms with Crippen LogP contribution in [0.1, 0.15) is 25.7 Å². The number of nitrogens with zero attached hydrogens (tertiary/aromatic N) is 2. The van der Waals surface area contributed by atoms with Gasteiger partial charge in [-0.3, -0.25) is 0 Å². The molecule has 0 aromatic heterocycles. The van der Waals surface area contributed by atoms with Crippen LogP contribution < -0.4 is 5.32 Å². The minimum Gasteiger partial charge on any atom is -0.335 e. The molecule has 0 bridgehead atoms. The Balaban J connectivity index is 1.76. The predicted octanol–water partition coefficient (Wildman–Crippen LogP) is 1.09. The molecule has 0 radical (unpaired) electrons. The van der Waals surface area contributed by atoms with Gasteiger partial charge in [0.25, 0.3) is 0 Å². The summed E-state index contributed by atoms with van der Waals surface area (Å²) in [6.07, 6.45) is 3.91. The Morgan fingerprint density at radius 2 is 1.93 bits per heavy atom. The van der Waals surface area contributed by atoms with Crippen LogP contribution in [0.3, 0.4) is 0 Å². The monoisotopic (exact) mass is 193 g/mol. The van der Waals surface area contributed by atoms with Gasteiger partial charge in [-0.2, -0.15) is 5.26 Å². The first-order valence-corrected chi connectivity index (χ1v) is 5.24. The molecular formula is C10H15N3O. The summed E-state index contributed by atoms with van der Waals surface area (Å²) in [7, 11) is 0. The maximum absolute atomic E-state index is 11.6. The topological polar surface area (TPSA) is 56.1 Å². The second kappa shape index (κ2) is 3.87. The maximum atomic E-state index is 11.6. The molecule has 0 aromatic carbocycles. The fourth-order valence-corrected chi connectivity index (χ4v) is 1.71. The number of carbonyl (C=O) groups is 1. The zero-order valence-electron chi connectivity index (χ0n) is 8.20. The van der Waals surface area contributed by atoms with Crippen LogP contribution >= 0.6 is 0 Å². The molecule has 2 fully saturated rings. The minimum atomic E-state index is 0.0592. The van der Waals surface area contributed by atoms with Crippen molar-refractivity contribution in [2.24, 2.45) is 5.92 Å². The first kappa shape index (κ1) is 9.32. The van der Waals surface area contributed by atoms with Gasteiger partial charge in [0.1, 0.15) is 0 Å². The highest BCUT2D eigenvalue weighted by atomic mass is 16.2. The van der Waals surface area contributed by atoms with Gasteiger partial charge in [0.2, 0.25) is 0 Å². The van der Waals surface area contributed by atoms with E-state index in [0.29, 0.717) is 6.04 Å². The molecule has 1 aliphatic carbocycles. The Kier molecular flexibility index (Phi) is 2.58. The van der Waals surface area contributed by atoms with Crippen LogP contribution in [0, 0.1) is 17.2 Å². The number of piperidine rings is 1. The summed E-state index contributed by atoms with van der Waals surface area (Å²) in [4.78, 5) is 13.4. The molecule has 76 valence electrons. The Morgan fingerprint density at radius 1 is 1.29 bits per heavy atom. The smallest absolute Gasteiger partial charge is 0.317 e. The average Bonchev–Trinajstić information content (AvgIpc) is 3.02. The van der Waals surface area contributed by atoms with E-state index in [1.165, 1.54) is 0 Å². The molecule has 0 spiro atoms. The van der Waals surface area contributed by atoms with Crippen LogP contribution in [0.2, 0.25) is 0 Å². The number of likely N-dealkylation sites (tertiary alicyclic amines) is 1. The largest absolute Gasteiger partial charge is 0.335 e. The molecule has 1 N–H and O–H groups in total. The van der Waals surface area contributed by atoms with Crippen molar-refractivity contribution >= 4 is 6.03 Å². The van der Waals surface area contributed by atoms with Gasteiger partial charge in [-0.25, -0.2) is 4.79 Å². The van der Waals surface area contributed by atoms with E-state index >= 15 is 0 Å². The van der Waals surface area contributed by atoms with Gasteiger partial charge >= 0.3 is 6.03 Å². The number of hydrogen-bond acceptors (Lipinski definition) is 2. The normalized spacial score (nSPS) is 22.9. The summed E-state index contributed by atoms with van der Waals surface area (Å²) in [5.41, 5.74) is 0. The molecular weight excluding hydrogens is 178 g/mol. The molecule has 1 heterocycles. The van der Waals surface area contributed by atoms with E-state index < -0.39 is 0 Å². The van der Waals surface area contributed by atoms with Gasteiger partial charge < -0.3 is 10.2 Å². The first-order chi connectivity index (χ1) is 6.79. The maximum Gasteiger partial charge on any atom is 0.317 e. The summed E-state index contributed by atoms with van der Waals surface area (Å²) in [5, 5.41) is 11.7. The Morgan fingerprint density at radius 3 is 2.43 bits per heavy atom. The van der Waals surface area contributed by atoms with E-state index in [4.69, 9.17) is 5.26 Å². The van der Waals surface area contributed by atoms with Gasteiger partial charge in [-0.1, -0.05) is 0 Å². The molecule has 2 amide bonds. The van der Waals surface area contributed by atoms with Crippen LogP contribution in [-0.2, 0) is 0 Å². The lowest BCUT2D eigenvalue weighted by molar-refractivity contribution is 0.178. The summed E-state index contributed by atoms with van der Waals surface area (Å²) in [5.74, 6) is 0.153. The Labute approximate surface area is 83.9 Å². The second-order valence-electron chi connectivity index (χ2n) is 4.11. The van der Waals surface area contributed by atoms with E-state index in [-0.39, 0.29) is 11.9 Å². The highest BCUT2D eigenvalue weighted by Crippen LogP contribution is 2.20. The summed E-state index contributed by atoms with van der Waals surface area (Å²) < 4.78 is 0. The van der Waals surface area contributed by atoms with Crippen LogP contribution in [0.25, 0.3) is 0 Å². The molecule has 1 saturated heterocycles. The molecule has 2 aliphatic rings. The van der Waals surface area contributed by atoms with Crippen molar-refractivity contribution in [3.63, 3.8) is 0 Å². The van der Waals surface area contributed by atoms with Gasteiger partial charge in [0.15, 0.2) is 0 Å². The molecule has 4 heteroatoms. The van der Waals surface area contributed by atoms with Crippen molar-refractivity contribution in [3.05, 3.63) is 0 Å². The van der Waals surface area contributed by atoms with Crippen LogP contribution in [-0.4, -0.2) is 30.1 Å². The lowest BCUT2D eigenvalue weighted by atomic mass is 9.99. The van der Waals surface area contributed by atoms with E-state index in [0.717, 1.165) is 38.8 Å². The van der Waals surface area contributed by atoms with Crippen LogP contribution in [0.5, 0.6) is 0 Å². The number of urea groups is 1. The fraction of sp³-hybridized carbons (Fsp3) is 0.800. The van der Waals surface area contributed by atoms with Gasteiger partial charge in [0, 0.05) is 25.0 Å². The third kappa shape index (κ3) is 2.16. The lowest BCUT2D eigenvalue weighted by Crippen LogP contribution is -2.45. The van der Waals surface area contributed by atoms with Gasteiger partial charge in [-0.05, 0) is 25.7 Å². The fourth-order valence-electron chi connectivity index (χ4n) is 1.71. The summed E-state index contributed by atoms with van der Waals surface area (Å²) in [6, 6.07) is 2.74. The lowest BCUT2D eigenvalue weighted by Gasteiger charge is -2.29. The average molecular weight is 193 g/mol. The number of carbonyl (C=O) groups excluding carboxylic acids is 1. The number of hydrogen-bond donors (Lipinski definition) is 1. The molecule has 0 atom stereocenters. The predicted molar refractivity (Wildman–Crippen MR) is 51.5 cm³/mol. The minimum absolute atomic E-state index is 0.0592. The highest BCUT2D eigenvalue weighted by molar-refractivity contribution is 5.74. The summed E-state index contributed by atoms with van der Waals surface area (Å²) >= 11 is 0. The molecule has 0 aromatic rings. The Hall–Kier alpha value is -1.24. The quantitative estimate of drug-likeness (QED) is 0.677. The van der Waals surface area contributed by atoms with Crippen molar-refractivity contribution in [1.29, 1.82) is 5.26 Å². The third-order valence-electron chi connectivity index (χ3n) is 2.87. The second-order valence-corrected chi connectivity index (χ2v) is 4.11. The molecule has 0 unspecified atom stereocenters. The molecule has 2 rings (SSSR count). The third-order valence-corrected chi connectivity index (χ3v) is 2.87. The van der Waals surface area contributed by atoms with Crippen molar-refractivity contribution in [1.82, 2.24) is 10.2 Å². The molecule has 1 saturated carbocycles. The molecule has 14 heavy (non-hydrogen) atoms. The number of nitriles is 1. The zero-order valence-corrected chi connectivity index (χ0v) is 8.20. The Bertz CT molecular complexity index is 259.